The van der Waals surface area contributed by atoms with Crippen molar-refractivity contribution in [3.8, 4) is 39.1 Å². The van der Waals surface area contributed by atoms with E-state index in [0.717, 1.165) is 22.7 Å². The summed E-state index contributed by atoms with van der Waals surface area (Å²) in [5.41, 5.74) is 19.2. The summed E-state index contributed by atoms with van der Waals surface area (Å²) >= 11 is 0. The molecule has 0 saturated heterocycles. The van der Waals surface area contributed by atoms with Gasteiger partial charge in [0.05, 0.1) is 16.4 Å². The van der Waals surface area contributed by atoms with Crippen molar-refractivity contribution in [3.05, 3.63) is 253 Å². The van der Waals surface area contributed by atoms with Gasteiger partial charge in [-0.1, -0.05) is 176 Å². The maximum Gasteiger partial charge on any atom is 0.0726 e. The van der Waals surface area contributed by atoms with Gasteiger partial charge >= 0.3 is 0 Å². The summed E-state index contributed by atoms with van der Waals surface area (Å²) in [4.78, 5) is 2.45. The van der Waals surface area contributed by atoms with Crippen LogP contribution in [0.3, 0.4) is 0 Å². The van der Waals surface area contributed by atoms with Gasteiger partial charge in [-0.25, -0.2) is 0 Å². The van der Waals surface area contributed by atoms with Crippen LogP contribution >= 0.6 is 0 Å². The molecule has 1 atom stereocenters. The number of fused-ring (bicyclic) bond motifs is 12. The third-order valence-corrected chi connectivity index (χ3v) is 13.4. The van der Waals surface area contributed by atoms with E-state index in [-0.39, 0.29) is 0 Å². The number of hydrogen-bond donors (Lipinski definition) is 0. The van der Waals surface area contributed by atoms with E-state index in [2.05, 4.69) is 240 Å². The summed E-state index contributed by atoms with van der Waals surface area (Å²) in [6.45, 7) is 0. The fourth-order valence-electron chi connectivity index (χ4n) is 11.0. The lowest BCUT2D eigenvalue weighted by atomic mass is 9.61. The lowest BCUT2D eigenvalue weighted by Crippen LogP contribution is -2.32. The van der Waals surface area contributed by atoms with Gasteiger partial charge in [-0.15, -0.1) is 0 Å². The van der Waals surface area contributed by atoms with Gasteiger partial charge in [0.2, 0.25) is 0 Å². The van der Waals surface area contributed by atoms with Crippen molar-refractivity contribution in [1.29, 1.82) is 0 Å². The molecule has 2 nitrogen and oxygen atoms in total. The Balaban J connectivity index is 1.13. The molecular weight excluding hydrogens is 737 g/mol. The Morgan fingerprint density at radius 3 is 1.80 bits per heavy atom. The normalized spacial score (nSPS) is 14.6. The highest BCUT2D eigenvalue weighted by Gasteiger charge is 2.51. The quantitative estimate of drug-likeness (QED) is 0.169. The SMILES string of the molecule is c1ccc(-c2cccc3c2-c2ccc(N(c4ccccc4)c4ccc5c6ccccc6n(-c6ccccc6)c5c4)cc2C32c3ccccc3-c3cccc4cccc2c34)cc1. The zero-order chi connectivity index (χ0) is 40.1. The Hall–Kier alpha value is -7.94. The van der Waals surface area contributed by atoms with E-state index >= 15 is 0 Å². The average molecular weight is 775 g/mol. The van der Waals surface area contributed by atoms with Crippen LogP contribution in [0.25, 0.3) is 71.6 Å². The first-order valence-corrected chi connectivity index (χ1v) is 21.2. The zero-order valence-electron chi connectivity index (χ0n) is 33.3. The second-order valence-corrected chi connectivity index (χ2v) is 16.4. The van der Waals surface area contributed by atoms with Crippen molar-refractivity contribution in [1.82, 2.24) is 4.57 Å². The van der Waals surface area contributed by atoms with Crippen LogP contribution < -0.4 is 4.90 Å². The van der Waals surface area contributed by atoms with Gasteiger partial charge in [0, 0.05) is 33.5 Å². The van der Waals surface area contributed by atoms with Crippen LogP contribution in [0.15, 0.2) is 231 Å². The number of hydrogen-bond acceptors (Lipinski definition) is 1. The van der Waals surface area contributed by atoms with Gasteiger partial charge in [-0.2, -0.15) is 0 Å². The Morgan fingerprint density at radius 1 is 0.344 bits per heavy atom. The van der Waals surface area contributed by atoms with E-state index in [0.29, 0.717) is 0 Å². The van der Waals surface area contributed by atoms with Crippen molar-refractivity contribution >= 4 is 49.6 Å². The maximum absolute atomic E-state index is 2.51. The van der Waals surface area contributed by atoms with Crippen molar-refractivity contribution < 1.29 is 0 Å². The van der Waals surface area contributed by atoms with E-state index in [1.54, 1.807) is 0 Å². The number of para-hydroxylation sites is 3. The van der Waals surface area contributed by atoms with Crippen LogP contribution in [0.4, 0.5) is 17.1 Å². The molecule has 0 N–H and O–H groups in total. The Morgan fingerprint density at radius 2 is 0.951 bits per heavy atom. The molecule has 2 aliphatic carbocycles. The molecule has 11 aromatic rings. The number of anilines is 3. The highest BCUT2D eigenvalue weighted by atomic mass is 15.1. The van der Waals surface area contributed by atoms with Crippen molar-refractivity contribution in [3.63, 3.8) is 0 Å². The molecule has 0 fully saturated rings. The van der Waals surface area contributed by atoms with E-state index < -0.39 is 5.41 Å². The van der Waals surface area contributed by atoms with Crippen LogP contribution in [0.5, 0.6) is 0 Å². The second-order valence-electron chi connectivity index (χ2n) is 16.4. The molecule has 13 rings (SSSR count). The van der Waals surface area contributed by atoms with E-state index in [1.165, 1.54) is 88.2 Å². The molecule has 0 radical (unpaired) electrons. The fraction of sp³-hybridized carbons (Fsp3) is 0.0169. The van der Waals surface area contributed by atoms with Crippen molar-refractivity contribution in [2.24, 2.45) is 0 Å². The van der Waals surface area contributed by atoms with Crippen LogP contribution in [0.2, 0.25) is 0 Å². The van der Waals surface area contributed by atoms with E-state index in [1.807, 2.05) is 0 Å². The third-order valence-electron chi connectivity index (χ3n) is 13.4. The van der Waals surface area contributed by atoms with Gasteiger partial charge in [0.15, 0.2) is 0 Å². The minimum absolute atomic E-state index is 0.567. The standard InChI is InChI=1S/C59H38N2/c1-4-17-39(18-5-1)45-27-16-31-53-58(45)50-36-34-43(37-54(50)59(53)51-29-12-10-25-46(51)49-28-14-19-40-20-15-30-52(59)57(40)49)60(41-21-6-2-7-22-41)44-33-35-48-47-26-11-13-32-55(47)61(56(48)38-44)42-23-8-3-9-24-42/h1-38H. The smallest absolute Gasteiger partial charge is 0.0726 e. The minimum atomic E-state index is -0.567. The van der Waals surface area contributed by atoms with Gasteiger partial charge in [0.25, 0.3) is 0 Å². The summed E-state index contributed by atoms with van der Waals surface area (Å²) in [5, 5.41) is 5.08. The van der Waals surface area contributed by atoms with Crippen molar-refractivity contribution in [2.75, 3.05) is 4.90 Å². The molecule has 1 spiro atoms. The van der Waals surface area contributed by atoms with Crippen LogP contribution in [-0.4, -0.2) is 4.57 Å². The monoisotopic (exact) mass is 774 g/mol. The largest absolute Gasteiger partial charge is 0.310 e. The first-order valence-electron chi connectivity index (χ1n) is 21.2. The Bertz CT molecular complexity index is 3520. The molecule has 1 unspecified atom stereocenters. The summed E-state index contributed by atoms with van der Waals surface area (Å²) in [6, 6.07) is 85.4. The molecule has 0 bridgehead atoms. The first kappa shape index (κ1) is 34.0. The van der Waals surface area contributed by atoms with Crippen molar-refractivity contribution in [2.45, 2.75) is 5.41 Å². The van der Waals surface area contributed by atoms with Crippen LogP contribution in [0.1, 0.15) is 22.3 Å². The predicted octanol–water partition coefficient (Wildman–Crippen LogP) is 15.4. The van der Waals surface area contributed by atoms with Gasteiger partial charge in [-0.3, -0.25) is 0 Å². The minimum Gasteiger partial charge on any atom is -0.310 e. The molecule has 0 saturated carbocycles. The summed E-state index contributed by atoms with van der Waals surface area (Å²) in [7, 11) is 0. The molecule has 0 amide bonds. The summed E-state index contributed by atoms with van der Waals surface area (Å²) in [6.07, 6.45) is 0. The van der Waals surface area contributed by atoms with Gasteiger partial charge < -0.3 is 9.47 Å². The van der Waals surface area contributed by atoms with Gasteiger partial charge in [-0.05, 0) is 121 Å². The molecule has 61 heavy (non-hydrogen) atoms. The number of aromatic nitrogens is 1. The molecule has 1 aromatic heterocycles. The molecular formula is C59H38N2. The first-order chi connectivity index (χ1) is 30.3. The Labute approximate surface area is 354 Å². The molecule has 1 heterocycles. The van der Waals surface area contributed by atoms with Crippen LogP contribution in [0, 0.1) is 0 Å². The average Bonchev–Trinajstić information content (AvgIpc) is 3.82. The molecule has 10 aromatic carbocycles. The van der Waals surface area contributed by atoms with E-state index in [9.17, 15) is 0 Å². The lowest BCUT2D eigenvalue weighted by Gasteiger charge is -2.40. The van der Waals surface area contributed by atoms with E-state index in [4.69, 9.17) is 0 Å². The lowest BCUT2D eigenvalue weighted by molar-refractivity contribution is 0.773. The summed E-state index contributed by atoms with van der Waals surface area (Å²) < 4.78 is 2.41. The topological polar surface area (TPSA) is 8.17 Å². The number of rotatable bonds is 5. The number of nitrogens with zero attached hydrogens (tertiary/aromatic N) is 2. The van der Waals surface area contributed by atoms with Crippen LogP contribution in [-0.2, 0) is 5.41 Å². The zero-order valence-corrected chi connectivity index (χ0v) is 33.3. The summed E-state index contributed by atoms with van der Waals surface area (Å²) in [5.74, 6) is 0. The Kier molecular flexibility index (Phi) is 7.26. The third kappa shape index (κ3) is 4.73. The molecule has 2 heteroatoms. The molecule has 0 aliphatic heterocycles. The predicted molar refractivity (Wildman–Crippen MR) is 255 cm³/mol. The molecule has 284 valence electrons. The highest BCUT2D eigenvalue weighted by molar-refractivity contribution is 6.11. The van der Waals surface area contributed by atoms with Gasteiger partial charge in [0.1, 0.15) is 0 Å². The molecule has 2 aliphatic rings. The maximum atomic E-state index is 2.51. The number of benzene rings is 10. The fourth-order valence-corrected chi connectivity index (χ4v) is 11.0. The second kappa shape index (κ2) is 13.0. The highest BCUT2D eigenvalue weighted by Crippen LogP contribution is 2.63.